The summed E-state index contributed by atoms with van der Waals surface area (Å²) >= 11 is 0. The number of carbonyl (C=O) groups is 2. The van der Waals surface area contributed by atoms with Gasteiger partial charge in [0.05, 0.1) is 45.7 Å². The number of esters is 1. The van der Waals surface area contributed by atoms with Crippen LogP contribution in [0.2, 0.25) is 0 Å². The summed E-state index contributed by atoms with van der Waals surface area (Å²) in [5, 5.41) is 15.8. The zero-order valence-electron chi connectivity index (χ0n) is 34.2. The number of benzene rings is 2. The molecule has 0 spiro atoms. The Hall–Kier alpha value is -4.89. The number of rotatable bonds is 27. The highest BCUT2D eigenvalue weighted by Crippen LogP contribution is 2.35. The first-order valence-electron chi connectivity index (χ1n) is 20.6. The maximum Gasteiger partial charge on any atom is 0.305 e. The van der Waals surface area contributed by atoms with Gasteiger partial charge in [-0.15, -0.1) is 10.2 Å². The number of unbranched alkanes of at least 4 members (excludes halogenated alkanes) is 5. The summed E-state index contributed by atoms with van der Waals surface area (Å²) in [6, 6.07) is 19.3. The van der Waals surface area contributed by atoms with E-state index in [4.69, 9.17) is 18.9 Å². The predicted octanol–water partition coefficient (Wildman–Crippen LogP) is 6.55. The van der Waals surface area contributed by atoms with Crippen molar-refractivity contribution in [2.45, 2.75) is 76.3 Å². The first kappa shape index (κ1) is 44.2. The Morgan fingerprint density at radius 3 is 2.12 bits per heavy atom. The summed E-state index contributed by atoms with van der Waals surface area (Å²) in [7, 11) is 3.54. The minimum absolute atomic E-state index is 0.140. The fraction of sp³-hybridized carbons (Fsp3) is 0.523. The molecule has 4 aromatic rings. The highest BCUT2D eigenvalue weighted by atomic mass is 16.5. The minimum Gasteiger partial charge on any atom is -0.494 e. The highest BCUT2D eigenvalue weighted by Gasteiger charge is 2.39. The molecule has 1 aliphatic rings. The van der Waals surface area contributed by atoms with E-state index in [1.807, 2.05) is 60.7 Å². The molecule has 1 fully saturated rings. The van der Waals surface area contributed by atoms with Crippen LogP contribution in [0.15, 0.2) is 73.1 Å². The molecule has 1 amide bonds. The molecule has 14 heteroatoms. The first-order valence-corrected chi connectivity index (χ1v) is 20.6. The number of nitrogens with one attached hydrogen (secondary N) is 3. The summed E-state index contributed by atoms with van der Waals surface area (Å²) in [6.45, 7) is 6.55. The Balaban J connectivity index is 0.919. The first-order chi connectivity index (χ1) is 28.4. The van der Waals surface area contributed by atoms with Crippen molar-refractivity contribution >= 4 is 17.6 Å². The molecular formula is C44H61N7O7. The molecule has 3 heterocycles. The molecule has 2 aromatic carbocycles. The van der Waals surface area contributed by atoms with Crippen molar-refractivity contribution < 1.29 is 33.3 Å². The summed E-state index contributed by atoms with van der Waals surface area (Å²) in [5.41, 5.74) is 2.91. The maximum absolute atomic E-state index is 13.3. The monoisotopic (exact) mass is 799 g/mol. The van der Waals surface area contributed by atoms with E-state index in [9.17, 15) is 9.59 Å². The van der Waals surface area contributed by atoms with E-state index in [1.54, 1.807) is 12.4 Å². The Kier molecular flexibility index (Phi) is 18.9. The standard InChI is InChI=1S/C44H61N7O7/c1-51-24-20-44(21-25-51,43-47-41(49-50-43)36-18-22-45-23-19-36)48-38-12-10-11-37(33-38)42(53)46-34-35-14-16-39(17-15-35)58-28-9-4-3-7-26-55-29-31-57-32-30-56-27-8-5-6-13-40(52)54-2/h10-12,14-19,22-23,33,48H,3-9,13,20-21,24-32,34H2,1-2H3,(H,46,53)(H,47,49,50). The number of methoxy groups -OCH3 is 1. The average Bonchev–Trinajstić information content (AvgIpc) is 3.77. The van der Waals surface area contributed by atoms with Crippen molar-refractivity contribution in [2.24, 2.45) is 0 Å². The van der Waals surface area contributed by atoms with Crippen LogP contribution in [-0.2, 0) is 35.8 Å². The Morgan fingerprint density at radius 1 is 0.776 bits per heavy atom. The molecule has 0 bridgehead atoms. The fourth-order valence-corrected chi connectivity index (χ4v) is 6.68. The molecule has 0 radical (unpaired) electrons. The van der Waals surface area contributed by atoms with Gasteiger partial charge in [0.15, 0.2) is 11.6 Å². The van der Waals surface area contributed by atoms with E-state index in [0.717, 1.165) is 106 Å². The van der Waals surface area contributed by atoms with Crippen LogP contribution in [0.1, 0.15) is 86.0 Å². The summed E-state index contributed by atoms with van der Waals surface area (Å²) in [4.78, 5) is 34.2. The van der Waals surface area contributed by atoms with Gasteiger partial charge in [0.25, 0.3) is 5.91 Å². The van der Waals surface area contributed by atoms with Crippen molar-refractivity contribution in [2.75, 3.05) is 78.8 Å². The van der Waals surface area contributed by atoms with Crippen molar-refractivity contribution in [3.63, 3.8) is 0 Å². The van der Waals surface area contributed by atoms with Crippen LogP contribution in [-0.4, -0.2) is 110 Å². The molecule has 314 valence electrons. The van der Waals surface area contributed by atoms with E-state index >= 15 is 0 Å². The third kappa shape index (κ3) is 15.1. The van der Waals surface area contributed by atoms with E-state index in [0.29, 0.717) is 64.0 Å². The number of likely N-dealkylation sites (tertiary alicyclic amines) is 1. The quantitative estimate of drug-likeness (QED) is 0.0441. The molecule has 2 aromatic heterocycles. The van der Waals surface area contributed by atoms with Crippen molar-refractivity contribution in [1.82, 2.24) is 30.4 Å². The number of hydrogen-bond acceptors (Lipinski definition) is 12. The Bertz CT molecular complexity index is 1770. The van der Waals surface area contributed by atoms with Crippen LogP contribution in [0.25, 0.3) is 11.4 Å². The zero-order chi connectivity index (χ0) is 40.7. The number of pyridine rings is 1. The summed E-state index contributed by atoms with van der Waals surface area (Å²) in [6.07, 6.45) is 12.5. The van der Waals surface area contributed by atoms with Gasteiger partial charge in [-0.3, -0.25) is 14.6 Å². The Morgan fingerprint density at radius 2 is 1.43 bits per heavy atom. The molecule has 0 saturated carbocycles. The van der Waals surface area contributed by atoms with Crippen LogP contribution in [0.3, 0.4) is 0 Å². The molecule has 0 atom stereocenters. The SMILES string of the molecule is COC(=O)CCCCCOCCOCCOCCCCCCOc1ccc(CNC(=O)c2cccc(NC3(c4nnc(-c5ccncc5)[nH]4)CCN(C)CC3)c2)cc1. The van der Waals surface area contributed by atoms with E-state index in [-0.39, 0.29) is 11.9 Å². The van der Waals surface area contributed by atoms with Crippen molar-refractivity contribution in [3.8, 4) is 17.1 Å². The van der Waals surface area contributed by atoms with Crippen LogP contribution >= 0.6 is 0 Å². The van der Waals surface area contributed by atoms with Gasteiger partial charge in [0, 0.05) is 68.5 Å². The summed E-state index contributed by atoms with van der Waals surface area (Å²) < 4.78 is 27.4. The topological polar surface area (TPSA) is 162 Å². The van der Waals surface area contributed by atoms with E-state index in [1.165, 1.54) is 7.11 Å². The third-order valence-electron chi connectivity index (χ3n) is 10.2. The number of amides is 1. The molecule has 1 saturated heterocycles. The van der Waals surface area contributed by atoms with Crippen LogP contribution < -0.4 is 15.4 Å². The predicted molar refractivity (Wildman–Crippen MR) is 223 cm³/mol. The second kappa shape index (κ2) is 24.8. The number of hydrogen-bond donors (Lipinski definition) is 3. The third-order valence-corrected chi connectivity index (χ3v) is 10.2. The number of anilines is 1. The second-order valence-electron chi connectivity index (χ2n) is 14.7. The van der Waals surface area contributed by atoms with Gasteiger partial charge in [-0.25, -0.2) is 0 Å². The molecule has 3 N–H and O–H groups in total. The van der Waals surface area contributed by atoms with Crippen molar-refractivity contribution in [3.05, 3.63) is 90.0 Å². The number of carbonyl (C=O) groups excluding carboxylic acids is 2. The fourth-order valence-electron chi connectivity index (χ4n) is 6.68. The van der Waals surface area contributed by atoms with Gasteiger partial charge in [-0.05, 0) is 100 Å². The van der Waals surface area contributed by atoms with E-state index in [2.05, 4.69) is 47.5 Å². The number of nitrogens with zero attached hydrogens (tertiary/aromatic N) is 4. The molecule has 0 aliphatic carbocycles. The lowest BCUT2D eigenvalue weighted by atomic mass is 9.86. The maximum atomic E-state index is 13.3. The normalized spacial score (nSPS) is 13.9. The lowest BCUT2D eigenvalue weighted by Gasteiger charge is -2.40. The number of aromatic nitrogens is 4. The number of aromatic amines is 1. The van der Waals surface area contributed by atoms with Crippen molar-refractivity contribution in [1.29, 1.82) is 0 Å². The highest BCUT2D eigenvalue weighted by molar-refractivity contribution is 5.95. The second-order valence-corrected chi connectivity index (χ2v) is 14.7. The van der Waals surface area contributed by atoms with Gasteiger partial charge in [0.2, 0.25) is 0 Å². The smallest absolute Gasteiger partial charge is 0.305 e. The van der Waals surface area contributed by atoms with Gasteiger partial charge in [-0.2, -0.15) is 0 Å². The summed E-state index contributed by atoms with van der Waals surface area (Å²) in [5.74, 6) is 2.01. The van der Waals surface area contributed by atoms with Crippen LogP contribution in [0.5, 0.6) is 5.75 Å². The molecule has 14 nitrogen and oxygen atoms in total. The molecular weight excluding hydrogens is 739 g/mol. The number of ether oxygens (including phenoxy) is 5. The van der Waals surface area contributed by atoms with Gasteiger partial charge < -0.3 is 44.2 Å². The number of piperidine rings is 1. The minimum atomic E-state index is -0.454. The van der Waals surface area contributed by atoms with Crippen LogP contribution in [0, 0.1) is 0 Å². The molecule has 0 unspecified atom stereocenters. The van der Waals surface area contributed by atoms with Gasteiger partial charge in [0.1, 0.15) is 5.75 Å². The average molecular weight is 800 g/mol. The van der Waals surface area contributed by atoms with Gasteiger partial charge >= 0.3 is 5.97 Å². The lowest BCUT2D eigenvalue weighted by molar-refractivity contribution is -0.140. The van der Waals surface area contributed by atoms with E-state index < -0.39 is 5.54 Å². The lowest BCUT2D eigenvalue weighted by Crippen LogP contribution is -2.46. The Labute approximate surface area is 342 Å². The van der Waals surface area contributed by atoms with Gasteiger partial charge in [-0.1, -0.05) is 31.0 Å². The van der Waals surface area contributed by atoms with Crippen LogP contribution in [0.4, 0.5) is 5.69 Å². The molecule has 5 rings (SSSR count). The number of H-pyrrole nitrogens is 1. The molecule has 1 aliphatic heterocycles. The zero-order valence-corrected chi connectivity index (χ0v) is 34.2. The molecule has 58 heavy (non-hydrogen) atoms. The largest absolute Gasteiger partial charge is 0.494 e.